The van der Waals surface area contributed by atoms with Crippen LogP contribution in [0.1, 0.15) is 46.5 Å². The van der Waals surface area contributed by atoms with Crippen molar-refractivity contribution >= 4 is 6.03 Å². The highest BCUT2D eigenvalue weighted by Gasteiger charge is 2.35. The van der Waals surface area contributed by atoms with Gasteiger partial charge in [-0.05, 0) is 45.4 Å². The number of carbonyl (C=O) groups excluding carboxylic acids is 1. The first-order valence-electron chi connectivity index (χ1n) is 7.26. The van der Waals surface area contributed by atoms with Gasteiger partial charge in [-0.15, -0.1) is 0 Å². The minimum atomic E-state index is -0.363. The second-order valence-corrected chi connectivity index (χ2v) is 6.10. The van der Waals surface area contributed by atoms with E-state index in [0.29, 0.717) is 24.5 Å². The van der Waals surface area contributed by atoms with E-state index in [1.54, 1.807) is 0 Å². The van der Waals surface area contributed by atoms with Crippen molar-refractivity contribution in [3.63, 3.8) is 0 Å². The highest BCUT2D eigenvalue weighted by atomic mass is 16.3. The van der Waals surface area contributed by atoms with Crippen LogP contribution < -0.4 is 0 Å². The number of carbonyl (C=O) groups is 1. The number of likely N-dealkylation sites (tertiary alicyclic amines) is 2. The Kier molecular flexibility index (Phi) is 4.15. The monoisotopic (exact) mass is 254 g/mol. The summed E-state index contributed by atoms with van der Waals surface area (Å²) in [4.78, 5) is 16.4. The molecular weight excluding hydrogens is 228 g/mol. The lowest BCUT2D eigenvalue weighted by molar-refractivity contribution is 0.0234. The molecule has 0 aliphatic carbocycles. The zero-order chi connectivity index (χ0) is 13.3. The second-order valence-electron chi connectivity index (χ2n) is 6.10. The molecule has 0 bridgehead atoms. The zero-order valence-corrected chi connectivity index (χ0v) is 11.8. The minimum Gasteiger partial charge on any atom is -0.391 e. The Balaban J connectivity index is 2.01. The van der Waals surface area contributed by atoms with Crippen LogP contribution in [0.4, 0.5) is 4.79 Å². The van der Waals surface area contributed by atoms with Crippen molar-refractivity contribution in [2.45, 2.75) is 64.6 Å². The van der Waals surface area contributed by atoms with Gasteiger partial charge in [-0.25, -0.2) is 4.79 Å². The lowest BCUT2D eigenvalue weighted by Gasteiger charge is -2.44. The van der Waals surface area contributed by atoms with Crippen molar-refractivity contribution in [2.75, 3.05) is 13.1 Å². The summed E-state index contributed by atoms with van der Waals surface area (Å²) in [6.45, 7) is 7.61. The number of aliphatic hydroxyl groups excluding tert-OH is 1. The van der Waals surface area contributed by atoms with Crippen LogP contribution in [0, 0.1) is 5.92 Å². The number of amides is 2. The first kappa shape index (κ1) is 13.7. The molecule has 2 fully saturated rings. The van der Waals surface area contributed by atoms with Crippen molar-refractivity contribution in [1.29, 1.82) is 0 Å². The van der Waals surface area contributed by atoms with Crippen LogP contribution in [0.2, 0.25) is 0 Å². The van der Waals surface area contributed by atoms with E-state index in [2.05, 4.69) is 20.8 Å². The first-order valence-corrected chi connectivity index (χ1v) is 7.26. The molecule has 1 N–H and O–H groups in total. The summed E-state index contributed by atoms with van der Waals surface area (Å²) in [5, 5.41) is 9.91. The zero-order valence-electron chi connectivity index (χ0n) is 11.8. The van der Waals surface area contributed by atoms with Crippen LogP contribution in [0.15, 0.2) is 0 Å². The van der Waals surface area contributed by atoms with Crippen LogP contribution >= 0.6 is 0 Å². The molecule has 2 amide bonds. The quantitative estimate of drug-likeness (QED) is 0.719. The van der Waals surface area contributed by atoms with Gasteiger partial charge in [-0.3, -0.25) is 0 Å². The highest BCUT2D eigenvalue weighted by Crippen LogP contribution is 2.26. The average molecular weight is 254 g/mol. The van der Waals surface area contributed by atoms with Gasteiger partial charge in [-0.2, -0.15) is 0 Å². The number of urea groups is 1. The van der Waals surface area contributed by atoms with Crippen molar-refractivity contribution in [2.24, 2.45) is 5.92 Å². The molecule has 2 rings (SSSR count). The molecule has 0 aromatic carbocycles. The Hall–Kier alpha value is -0.770. The molecule has 4 heteroatoms. The Morgan fingerprint density at radius 3 is 2.28 bits per heavy atom. The fourth-order valence-corrected chi connectivity index (χ4v) is 3.18. The van der Waals surface area contributed by atoms with Gasteiger partial charge in [0.05, 0.1) is 6.10 Å². The van der Waals surface area contributed by atoms with E-state index in [9.17, 15) is 9.90 Å². The molecule has 0 aromatic rings. The van der Waals surface area contributed by atoms with Crippen LogP contribution in [0.5, 0.6) is 0 Å². The van der Waals surface area contributed by atoms with Crippen molar-refractivity contribution < 1.29 is 9.90 Å². The maximum absolute atomic E-state index is 12.6. The molecule has 2 aliphatic rings. The molecule has 2 saturated heterocycles. The van der Waals surface area contributed by atoms with Gasteiger partial charge in [0.15, 0.2) is 0 Å². The van der Waals surface area contributed by atoms with Gasteiger partial charge in [0.25, 0.3) is 0 Å². The fourth-order valence-electron chi connectivity index (χ4n) is 3.18. The summed E-state index contributed by atoms with van der Waals surface area (Å²) in [7, 11) is 0. The number of piperidine rings is 2. The number of rotatable bonds is 0. The SMILES string of the molecule is CC1CCN(C(=O)N2C(C)CCCC2C)CC1O. The van der Waals surface area contributed by atoms with Crippen LogP contribution in [0.3, 0.4) is 0 Å². The molecular formula is C14H26N2O2. The first-order chi connectivity index (χ1) is 8.50. The molecule has 0 spiro atoms. The topological polar surface area (TPSA) is 43.8 Å². The Bertz CT molecular complexity index is 298. The minimum absolute atomic E-state index is 0.126. The smallest absolute Gasteiger partial charge is 0.320 e. The van der Waals surface area contributed by atoms with Crippen molar-refractivity contribution in [3.05, 3.63) is 0 Å². The van der Waals surface area contributed by atoms with Crippen LogP contribution in [-0.4, -0.2) is 52.2 Å². The number of hydrogen-bond acceptors (Lipinski definition) is 2. The summed E-state index contributed by atoms with van der Waals surface area (Å²) in [5.74, 6) is 0.310. The largest absolute Gasteiger partial charge is 0.391 e. The summed E-state index contributed by atoms with van der Waals surface area (Å²) in [6.07, 6.45) is 3.96. The fraction of sp³-hybridized carbons (Fsp3) is 0.929. The lowest BCUT2D eigenvalue weighted by atomic mass is 9.95. The number of hydrogen-bond donors (Lipinski definition) is 1. The molecule has 4 unspecified atom stereocenters. The molecule has 0 aromatic heterocycles. The molecule has 104 valence electrons. The predicted molar refractivity (Wildman–Crippen MR) is 71.4 cm³/mol. The Morgan fingerprint density at radius 2 is 1.72 bits per heavy atom. The standard InChI is InChI=1S/C14H26N2O2/c1-10-7-8-15(9-13(10)17)14(18)16-11(2)5-4-6-12(16)3/h10-13,17H,4-9H2,1-3H3. The second kappa shape index (κ2) is 5.47. The number of aliphatic hydroxyl groups is 1. The summed E-state index contributed by atoms with van der Waals surface area (Å²) < 4.78 is 0. The molecule has 0 saturated carbocycles. The predicted octanol–water partition coefficient (Wildman–Crippen LogP) is 2.07. The van der Waals surface area contributed by atoms with E-state index >= 15 is 0 Å². The molecule has 18 heavy (non-hydrogen) atoms. The van der Waals surface area contributed by atoms with Crippen LogP contribution in [-0.2, 0) is 0 Å². The average Bonchev–Trinajstić information content (AvgIpc) is 2.32. The third-order valence-electron chi connectivity index (χ3n) is 4.60. The van der Waals surface area contributed by atoms with E-state index in [0.717, 1.165) is 25.8 Å². The summed E-state index contributed by atoms with van der Waals surface area (Å²) in [6, 6.07) is 0.788. The third-order valence-corrected chi connectivity index (χ3v) is 4.60. The van der Waals surface area contributed by atoms with E-state index in [4.69, 9.17) is 0 Å². The molecule has 4 atom stereocenters. The molecule has 2 aliphatic heterocycles. The van der Waals surface area contributed by atoms with Gasteiger partial charge in [0, 0.05) is 25.2 Å². The maximum atomic E-state index is 12.6. The van der Waals surface area contributed by atoms with Gasteiger partial charge in [0.2, 0.25) is 0 Å². The van der Waals surface area contributed by atoms with Crippen molar-refractivity contribution in [3.8, 4) is 0 Å². The number of nitrogens with zero attached hydrogens (tertiary/aromatic N) is 2. The Labute approximate surface area is 110 Å². The normalized spacial score (nSPS) is 37.8. The number of β-amino-alcohol motifs (C(OH)–C–C–N with tert-alkyl or cyclic N) is 1. The van der Waals surface area contributed by atoms with Gasteiger partial charge in [-0.1, -0.05) is 6.92 Å². The van der Waals surface area contributed by atoms with E-state index in [1.807, 2.05) is 9.80 Å². The van der Waals surface area contributed by atoms with Gasteiger partial charge in [0.1, 0.15) is 0 Å². The highest BCUT2D eigenvalue weighted by molar-refractivity contribution is 5.75. The van der Waals surface area contributed by atoms with Crippen molar-refractivity contribution in [1.82, 2.24) is 9.80 Å². The molecule has 4 nitrogen and oxygen atoms in total. The molecule has 2 heterocycles. The van der Waals surface area contributed by atoms with E-state index < -0.39 is 0 Å². The van der Waals surface area contributed by atoms with Gasteiger partial charge < -0.3 is 14.9 Å². The Morgan fingerprint density at radius 1 is 1.11 bits per heavy atom. The maximum Gasteiger partial charge on any atom is 0.320 e. The van der Waals surface area contributed by atoms with E-state index in [1.165, 1.54) is 6.42 Å². The lowest BCUT2D eigenvalue weighted by Crippen LogP contribution is -2.56. The molecule has 0 radical (unpaired) electrons. The van der Waals surface area contributed by atoms with Gasteiger partial charge >= 0.3 is 6.03 Å². The van der Waals surface area contributed by atoms with Crippen LogP contribution in [0.25, 0.3) is 0 Å². The third kappa shape index (κ3) is 2.63. The summed E-state index contributed by atoms with van der Waals surface area (Å²) in [5.41, 5.74) is 0. The summed E-state index contributed by atoms with van der Waals surface area (Å²) >= 11 is 0. The van der Waals surface area contributed by atoms with E-state index in [-0.39, 0.29) is 12.1 Å².